The molecule has 8 nitrogen and oxygen atoms in total. The van der Waals surface area contributed by atoms with Crippen molar-refractivity contribution in [2.75, 3.05) is 30.6 Å². The minimum Gasteiger partial charge on any atom is -0.482 e. The highest BCUT2D eigenvalue weighted by atomic mass is 35.5. The Kier molecular flexibility index (Phi) is 8.94. The first-order valence-corrected chi connectivity index (χ1v) is 14.2. The molecule has 0 aliphatic carbocycles. The number of fused-ring (bicyclic) bond motifs is 1. The van der Waals surface area contributed by atoms with Crippen LogP contribution in [0, 0.1) is 6.92 Å². The maximum atomic E-state index is 13.7. The third kappa shape index (κ3) is 6.66. The molecule has 1 unspecified atom stereocenters. The number of hydrogen-bond donors (Lipinski definition) is 2. The van der Waals surface area contributed by atoms with Crippen LogP contribution >= 0.6 is 11.6 Å². The van der Waals surface area contributed by atoms with Gasteiger partial charge in [0.1, 0.15) is 5.75 Å². The second kappa shape index (κ2) is 12.2. The van der Waals surface area contributed by atoms with E-state index in [9.17, 15) is 18.3 Å². The number of anilines is 1. The number of nitrogens with one attached hydrogen (secondary N) is 1. The van der Waals surface area contributed by atoms with Crippen molar-refractivity contribution in [3.63, 3.8) is 0 Å². The Bertz CT molecular complexity index is 1380. The molecule has 0 aromatic heterocycles. The summed E-state index contributed by atoms with van der Waals surface area (Å²) in [5.41, 5.74) is 2.91. The predicted molar refractivity (Wildman–Crippen MR) is 146 cm³/mol. The van der Waals surface area contributed by atoms with E-state index in [1.807, 2.05) is 6.92 Å². The monoisotopic (exact) mass is 558 g/mol. The Hall–Kier alpha value is -3.11. The van der Waals surface area contributed by atoms with Crippen molar-refractivity contribution in [2.24, 2.45) is 0 Å². The van der Waals surface area contributed by atoms with Gasteiger partial charge in [-0.3, -0.25) is 4.31 Å². The Labute approximate surface area is 228 Å². The van der Waals surface area contributed by atoms with Crippen LogP contribution in [0.5, 0.6) is 5.75 Å². The zero-order valence-electron chi connectivity index (χ0n) is 21.3. The van der Waals surface area contributed by atoms with Crippen LogP contribution in [0.3, 0.4) is 0 Å². The molecule has 0 saturated carbocycles. The largest absolute Gasteiger partial charge is 0.482 e. The summed E-state index contributed by atoms with van der Waals surface area (Å²) in [4.78, 5) is 11.9. The lowest BCUT2D eigenvalue weighted by atomic mass is 9.99. The summed E-state index contributed by atoms with van der Waals surface area (Å²) in [6.45, 7) is 4.01. The zero-order valence-corrected chi connectivity index (χ0v) is 22.8. The van der Waals surface area contributed by atoms with E-state index in [0.717, 1.165) is 11.1 Å². The number of rotatable bonds is 10. The van der Waals surface area contributed by atoms with Gasteiger partial charge in [-0.1, -0.05) is 41.4 Å². The molecule has 0 saturated heterocycles. The van der Waals surface area contributed by atoms with E-state index in [2.05, 4.69) is 5.32 Å². The molecular weight excluding hydrogens is 528 g/mol. The number of nitrogens with zero attached hydrogens (tertiary/aromatic N) is 1. The second-order valence-electron chi connectivity index (χ2n) is 9.11. The topological polar surface area (TPSA) is 105 Å². The molecule has 2 atom stereocenters. The molecule has 3 aromatic rings. The van der Waals surface area contributed by atoms with Crippen molar-refractivity contribution in [3.8, 4) is 5.75 Å². The van der Waals surface area contributed by atoms with Crippen molar-refractivity contribution in [3.05, 3.63) is 88.4 Å². The van der Waals surface area contributed by atoms with Gasteiger partial charge in [0.15, 0.2) is 6.61 Å². The summed E-state index contributed by atoms with van der Waals surface area (Å²) in [6.07, 6.45) is -0.329. The Morgan fingerprint density at radius 1 is 1.16 bits per heavy atom. The predicted octanol–water partition coefficient (Wildman–Crippen LogP) is 4.03. The van der Waals surface area contributed by atoms with E-state index >= 15 is 0 Å². The minimum atomic E-state index is -3.87. The van der Waals surface area contributed by atoms with Crippen LogP contribution < -0.4 is 14.4 Å². The number of sulfonamides is 1. The Morgan fingerprint density at radius 2 is 1.92 bits per heavy atom. The average molecular weight is 559 g/mol. The fourth-order valence-electron chi connectivity index (χ4n) is 4.34. The number of carbonyl (C=O) groups is 1. The fraction of sp³-hybridized carbons (Fsp3) is 0.321. The number of halogens is 1. The van der Waals surface area contributed by atoms with Crippen molar-refractivity contribution >= 4 is 33.3 Å². The molecule has 202 valence electrons. The highest BCUT2D eigenvalue weighted by Crippen LogP contribution is 2.35. The first-order valence-electron chi connectivity index (χ1n) is 12.3. The first-order chi connectivity index (χ1) is 18.2. The molecule has 0 bridgehead atoms. The maximum Gasteiger partial charge on any atom is 0.344 e. The summed E-state index contributed by atoms with van der Waals surface area (Å²) >= 11 is 6.06. The smallest absolute Gasteiger partial charge is 0.344 e. The van der Waals surface area contributed by atoms with Crippen molar-refractivity contribution in [2.45, 2.75) is 37.3 Å². The van der Waals surface area contributed by atoms with Gasteiger partial charge in [-0.05, 0) is 73.9 Å². The van der Waals surface area contributed by atoms with Crippen LogP contribution in [-0.2, 0) is 26.0 Å². The molecule has 38 heavy (non-hydrogen) atoms. The summed E-state index contributed by atoms with van der Waals surface area (Å²) < 4.78 is 39.3. The zero-order chi connectivity index (χ0) is 27.3. The van der Waals surface area contributed by atoms with Crippen LogP contribution in [0.15, 0.2) is 71.6 Å². The van der Waals surface area contributed by atoms with Gasteiger partial charge in [0.25, 0.3) is 10.0 Å². The van der Waals surface area contributed by atoms with Crippen molar-refractivity contribution in [1.29, 1.82) is 0 Å². The number of ether oxygens (including phenoxy) is 2. The summed E-state index contributed by atoms with van der Waals surface area (Å²) in [6, 6.07) is 18.5. The lowest BCUT2D eigenvalue weighted by molar-refractivity contribution is -0.145. The molecule has 10 heteroatoms. The molecule has 0 radical (unpaired) electrons. The van der Waals surface area contributed by atoms with Gasteiger partial charge in [0.2, 0.25) is 0 Å². The average Bonchev–Trinajstić information content (AvgIpc) is 2.90. The number of aliphatic hydroxyl groups excluding tert-OH is 1. The normalized spacial score (nSPS) is 16.0. The Balaban J connectivity index is 1.59. The van der Waals surface area contributed by atoms with Gasteiger partial charge in [-0.15, -0.1) is 0 Å². The van der Waals surface area contributed by atoms with E-state index in [4.69, 9.17) is 21.1 Å². The summed E-state index contributed by atoms with van der Waals surface area (Å²) in [5, 5.41) is 14.5. The standard InChI is InChI=1S/C28H31ClN2O6S/c1-3-36-28(33)18-37-24-9-12-26-21(15-24)14-23(30-16-27(32)20-5-4-6-22(29)13-20)17-31(26)38(34,35)25-10-7-19(2)8-11-25/h4-13,15,23,27,30,32H,3,14,16-18H2,1-2H3/t23?,27-/m0/s1. The van der Waals surface area contributed by atoms with Crippen molar-refractivity contribution in [1.82, 2.24) is 5.32 Å². The Morgan fingerprint density at radius 3 is 2.63 bits per heavy atom. The van der Waals surface area contributed by atoms with Crippen LogP contribution in [0.25, 0.3) is 0 Å². The van der Waals surface area contributed by atoms with E-state index in [1.165, 1.54) is 4.31 Å². The third-order valence-corrected chi connectivity index (χ3v) is 8.31. The molecule has 0 fully saturated rings. The lowest BCUT2D eigenvalue weighted by Gasteiger charge is -2.36. The minimum absolute atomic E-state index is 0.175. The number of hydrogen-bond acceptors (Lipinski definition) is 7. The SMILES string of the molecule is CCOC(=O)COc1ccc2c(c1)CC(NC[C@H](O)c1cccc(Cl)c1)CN2S(=O)(=O)c1ccc(C)cc1. The molecule has 1 aliphatic rings. The third-order valence-electron chi connectivity index (χ3n) is 6.28. The maximum absolute atomic E-state index is 13.7. The highest BCUT2D eigenvalue weighted by molar-refractivity contribution is 7.92. The molecular formula is C28H31ClN2O6S. The van der Waals surface area contributed by atoms with E-state index < -0.39 is 22.1 Å². The van der Waals surface area contributed by atoms with Crippen LogP contribution in [0.4, 0.5) is 5.69 Å². The number of benzene rings is 3. The fourth-order valence-corrected chi connectivity index (χ4v) is 6.09. The lowest BCUT2D eigenvalue weighted by Crippen LogP contribution is -2.49. The first kappa shape index (κ1) is 27.9. The molecule has 1 heterocycles. The summed E-state index contributed by atoms with van der Waals surface area (Å²) in [7, 11) is -3.87. The molecule has 0 amide bonds. The van der Waals surface area contributed by atoms with Crippen LogP contribution in [0.1, 0.15) is 29.7 Å². The van der Waals surface area contributed by atoms with Crippen molar-refractivity contribution < 1.29 is 27.8 Å². The molecule has 1 aliphatic heterocycles. The quantitative estimate of drug-likeness (QED) is 0.362. The van der Waals surface area contributed by atoms with Crippen LogP contribution in [0.2, 0.25) is 5.02 Å². The molecule has 2 N–H and O–H groups in total. The van der Waals surface area contributed by atoms with Crippen LogP contribution in [-0.4, -0.2) is 51.8 Å². The molecule has 0 spiro atoms. The van der Waals surface area contributed by atoms with E-state index in [-0.39, 0.29) is 37.2 Å². The van der Waals surface area contributed by atoms with Gasteiger partial charge in [-0.25, -0.2) is 13.2 Å². The van der Waals surface area contributed by atoms with E-state index in [1.54, 1.807) is 73.7 Å². The molecule has 4 rings (SSSR count). The van der Waals surface area contributed by atoms with E-state index in [0.29, 0.717) is 28.4 Å². The second-order valence-corrected chi connectivity index (χ2v) is 11.4. The van der Waals surface area contributed by atoms with Gasteiger partial charge in [-0.2, -0.15) is 0 Å². The number of esters is 1. The summed E-state index contributed by atoms with van der Waals surface area (Å²) in [5.74, 6) is -0.0487. The van der Waals surface area contributed by atoms with Gasteiger partial charge in [0.05, 0.1) is 29.8 Å². The number of carbonyl (C=O) groups excluding carboxylic acids is 1. The van der Waals surface area contributed by atoms with Gasteiger partial charge in [0, 0.05) is 17.6 Å². The highest BCUT2D eigenvalue weighted by Gasteiger charge is 2.34. The van der Waals surface area contributed by atoms with Gasteiger partial charge >= 0.3 is 5.97 Å². The number of aryl methyl sites for hydroxylation is 1. The number of aliphatic hydroxyl groups is 1. The molecule has 3 aromatic carbocycles. The van der Waals surface area contributed by atoms with Gasteiger partial charge < -0.3 is 19.9 Å².